The third kappa shape index (κ3) is 4.90. The van der Waals surface area contributed by atoms with Gasteiger partial charge in [0.05, 0.1) is 11.3 Å². The second kappa shape index (κ2) is 9.27. The fraction of sp³-hybridized carbons (Fsp3) is 0.458. The summed E-state index contributed by atoms with van der Waals surface area (Å²) in [5.74, 6) is 1.35. The van der Waals surface area contributed by atoms with Crippen molar-refractivity contribution in [3.05, 3.63) is 62.5 Å². The van der Waals surface area contributed by atoms with Gasteiger partial charge in [-0.25, -0.2) is 0 Å². The van der Waals surface area contributed by atoms with Crippen molar-refractivity contribution in [2.75, 3.05) is 7.11 Å². The molecule has 2 unspecified atom stereocenters. The molecule has 3 heterocycles. The zero-order valence-corrected chi connectivity index (χ0v) is 21.3. The van der Waals surface area contributed by atoms with Gasteiger partial charge in [-0.1, -0.05) is 23.7 Å². The molecule has 2 atom stereocenters. The number of nitrogens with zero attached hydrogens (tertiary/aromatic N) is 4. The van der Waals surface area contributed by atoms with E-state index in [2.05, 4.69) is 24.0 Å². The predicted octanol–water partition coefficient (Wildman–Crippen LogP) is 5.16. The molecule has 1 aliphatic heterocycles. The van der Waals surface area contributed by atoms with E-state index in [1.165, 1.54) is 4.88 Å². The standard InChI is InChI=1S/C24H29ClN4O3S/c1-13-14(2)33-23-20(13)21(15-7-9-16(25)10-8-15)26-17(11-19(30)32-24(3,4)5)22-28-27-18(12-31-6)29(22)23/h7-10,17,19,30H,11-12H2,1-6H3. The molecule has 0 amide bonds. The van der Waals surface area contributed by atoms with Crippen LogP contribution in [0.4, 0.5) is 0 Å². The number of hydrogen-bond donors (Lipinski definition) is 1. The van der Waals surface area contributed by atoms with E-state index in [0.717, 1.165) is 27.4 Å². The molecule has 0 aliphatic carbocycles. The summed E-state index contributed by atoms with van der Waals surface area (Å²) in [7, 11) is 1.64. The van der Waals surface area contributed by atoms with Crippen LogP contribution in [0.1, 0.15) is 66.5 Å². The van der Waals surface area contributed by atoms with Crippen LogP contribution in [-0.4, -0.2) is 44.6 Å². The van der Waals surface area contributed by atoms with Gasteiger partial charge in [-0.3, -0.25) is 9.56 Å². The summed E-state index contributed by atoms with van der Waals surface area (Å²) < 4.78 is 13.2. The Morgan fingerprint density at radius 3 is 2.52 bits per heavy atom. The van der Waals surface area contributed by atoms with E-state index in [4.69, 9.17) is 26.1 Å². The molecule has 7 nitrogen and oxygen atoms in total. The van der Waals surface area contributed by atoms with Crippen molar-refractivity contribution in [1.29, 1.82) is 0 Å². The van der Waals surface area contributed by atoms with Crippen LogP contribution in [0.2, 0.25) is 5.02 Å². The Balaban J connectivity index is 1.92. The lowest BCUT2D eigenvalue weighted by atomic mass is 9.99. The Morgan fingerprint density at radius 2 is 1.88 bits per heavy atom. The number of hydrogen-bond acceptors (Lipinski definition) is 7. The molecule has 2 aromatic heterocycles. The molecule has 0 fully saturated rings. The first-order valence-corrected chi connectivity index (χ1v) is 12.0. The Bertz CT molecular complexity index is 1180. The van der Waals surface area contributed by atoms with E-state index in [9.17, 15) is 5.11 Å². The maximum absolute atomic E-state index is 10.7. The summed E-state index contributed by atoms with van der Waals surface area (Å²) in [5.41, 5.74) is 3.48. The summed E-state index contributed by atoms with van der Waals surface area (Å²) in [5, 5.41) is 21.3. The third-order valence-corrected chi connectivity index (χ3v) is 6.89. The Labute approximate surface area is 203 Å². The fourth-order valence-corrected chi connectivity index (χ4v) is 5.26. The summed E-state index contributed by atoms with van der Waals surface area (Å²) >= 11 is 7.84. The minimum atomic E-state index is -1.01. The van der Waals surface area contributed by atoms with Crippen LogP contribution in [0, 0.1) is 13.8 Å². The highest BCUT2D eigenvalue weighted by atomic mass is 35.5. The van der Waals surface area contributed by atoms with E-state index in [0.29, 0.717) is 23.3 Å². The molecule has 0 saturated heterocycles. The number of fused-ring (bicyclic) bond motifs is 3. The molecule has 1 aliphatic rings. The van der Waals surface area contributed by atoms with Crippen molar-refractivity contribution in [3.8, 4) is 5.00 Å². The summed E-state index contributed by atoms with van der Waals surface area (Å²) in [6, 6.07) is 7.20. The van der Waals surface area contributed by atoms with Gasteiger partial charge in [0.25, 0.3) is 0 Å². The van der Waals surface area contributed by atoms with Crippen molar-refractivity contribution >= 4 is 28.6 Å². The van der Waals surface area contributed by atoms with E-state index >= 15 is 0 Å². The fourth-order valence-electron chi connectivity index (χ4n) is 3.95. The molecule has 176 valence electrons. The number of aliphatic hydroxyl groups excluding tert-OH is 1. The number of ether oxygens (including phenoxy) is 2. The van der Waals surface area contributed by atoms with Crippen LogP contribution in [0.15, 0.2) is 29.3 Å². The number of aliphatic imine (C=N–C) groups is 1. The minimum Gasteiger partial charge on any atom is -0.377 e. The van der Waals surface area contributed by atoms with Crippen LogP contribution < -0.4 is 0 Å². The molecule has 0 radical (unpaired) electrons. The van der Waals surface area contributed by atoms with Crippen LogP contribution >= 0.6 is 22.9 Å². The number of benzene rings is 1. The normalized spacial score (nSPS) is 16.7. The molecular formula is C24H29ClN4O3S. The van der Waals surface area contributed by atoms with Gasteiger partial charge < -0.3 is 14.6 Å². The van der Waals surface area contributed by atoms with Gasteiger partial charge in [0, 0.05) is 34.6 Å². The largest absolute Gasteiger partial charge is 0.377 e. The first-order chi connectivity index (χ1) is 15.6. The molecule has 1 aromatic carbocycles. The average Bonchev–Trinajstić information content (AvgIpc) is 3.22. The van der Waals surface area contributed by atoms with Gasteiger partial charge in [0.2, 0.25) is 0 Å². The monoisotopic (exact) mass is 488 g/mol. The number of aromatic nitrogens is 3. The van der Waals surface area contributed by atoms with Crippen molar-refractivity contribution in [2.24, 2.45) is 4.99 Å². The second-order valence-corrected chi connectivity index (χ2v) is 10.8. The van der Waals surface area contributed by atoms with Gasteiger partial charge in [-0.2, -0.15) is 0 Å². The number of rotatable bonds is 6. The highest BCUT2D eigenvalue weighted by Gasteiger charge is 2.33. The topological polar surface area (TPSA) is 81.8 Å². The van der Waals surface area contributed by atoms with Crippen LogP contribution in [0.5, 0.6) is 0 Å². The molecule has 0 bridgehead atoms. The van der Waals surface area contributed by atoms with Gasteiger partial charge in [0.15, 0.2) is 17.9 Å². The van der Waals surface area contributed by atoms with E-state index in [-0.39, 0.29) is 6.42 Å². The second-order valence-electron chi connectivity index (χ2n) is 9.13. The average molecular weight is 489 g/mol. The van der Waals surface area contributed by atoms with Crippen molar-refractivity contribution in [2.45, 2.75) is 65.6 Å². The Morgan fingerprint density at radius 1 is 1.18 bits per heavy atom. The van der Waals surface area contributed by atoms with Gasteiger partial charge in [0.1, 0.15) is 17.6 Å². The molecule has 1 N–H and O–H groups in total. The zero-order valence-electron chi connectivity index (χ0n) is 19.7. The number of thiophene rings is 1. The van der Waals surface area contributed by atoms with Crippen LogP contribution in [-0.2, 0) is 16.1 Å². The lowest BCUT2D eigenvalue weighted by Gasteiger charge is -2.25. The molecule has 4 rings (SSSR count). The van der Waals surface area contributed by atoms with Crippen molar-refractivity contribution < 1.29 is 14.6 Å². The Hall–Kier alpha value is -2.10. The maximum atomic E-state index is 10.7. The quantitative estimate of drug-likeness (QED) is 0.484. The highest BCUT2D eigenvalue weighted by molar-refractivity contribution is 7.15. The molecule has 0 saturated carbocycles. The SMILES string of the molecule is COCc1nnc2n1-c1sc(C)c(C)c1C(c1ccc(Cl)cc1)=NC2CC(O)OC(C)(C)C. The third-order valence-electron chi connectivity index (χ3n) is 5.45. The predicted molar refractivity (Wildman–Crippen MR) is 131 cm³/mol. The molecule has 9 heteroatoms. The Kier molecular flexibility index (Phi) is 6.75. The first kappa shape index (κ1) is 24.0. The van der Waals surface area contributed by atoms with Crippen LogP contribution in [0.25, 0.3) is 5.00 Å². The number of aryl methyl sites for hydroxylation is 1. The number of methoxy groups -OCH3 is 1. The molecule has 0 spiro atoms. The van der Waals surface area contributed by atoms with Crippen LogP contribution in [0.3, 0.4) is 0 Å². The summed E-state index contributed by atoms with van der Waals surface area (Å²) in [6.45, 7) is 10.3. The minimum absolute atomic E-state index is 0.243. The number of aliphatic hydroxyl groups is 1. The lowest BCUT2D eigenvalue weighted by molar-refractivity contribution is -0.170. The summed E-state index contributed by atoms with van der Waals surface area (Å²) in [6.07, 6.45) is -0.771. The van der Waals surface area contributed by atoms with E-state index in [1.54, 1.807) is 18.4 Å². The molecular weight excluding hydrogens is 460 g/mol. The van der Waals surface area contributed by atoms with Gasteiger partial charge >= 0.3 is 0 Å². The molecule has 33 heavy (non-hydrogen) atoms. The van der Waals surface area contributed by atoms with E-state index in [1.807, 2.05) is 49.6 Å². The zero-order chi connectivity index (χ0) is 23.9. The van der Waals surface area contributed by atoms with E-state index < -0.39 is 17.9 Å². The summed E-state index contributed by atoms with van der Waals surface area (Å²) in [4.78, 5) is 6.35. The first-order valence-electron chi connectivity index (χ1n) is 10.8. The highest BCUT2D eigenvalue weighted by Crippen LogP contribution is 2.40. The maximum Gasteiger partial charge on any atom is 0.164 e. The van der Waals surface area contributed by atoms with Gasteiger partial charge in [-0.05, 0) is 52.3 Å². The van der Waals surface area contributed by atoms with Crippen molar-refractivity contribution in [1.82, 2.24) is 14.8 Å². The number of halogens is 1. The lowest BCUT2D eigenvalue weighted by Crippen LogP contribution is -2.28. The van der Waals surface area contributed by atoms with Crippen molar-refractivity contribution in [3.63, 3.8) is 0 Å². The van der Waals surface area contributed by atoms with Gasteiger partial charge in [-0.15, -0.1) is 21.5 Å². The smallest absolute Gasteiger partial charge is 0.164 e. The molecule has 3 aromatic rings.